The molecule has 2 N–H and O–H groups in total. The van der Waals surface area contributed by atoms with Crippen LogP contribution in [-0.2, 0) is 6.54 Å². The summed E-state index contributed by atoms with van der Waals surface area (Å²) in [7, 11) is 0. The van der Waals surface area contributed by atoms with E-state index in [0.29, 0.717) is 6.54 Å². The fourth-order valence-electron chi connectivity index (χ4n) is 2.28. The highest BCUT2D eigenvalue weighted by atomic mass is 14.6. The zero-order valence-electron chi connectivity index (χ0n) is 10.0. The molecule has 1 heterocycles. The Labute approximate surface area is 106 Å². The lowest BCUT2D eigenvalue weighted by molar-refractivity contribution is 1.07. The second kappa shape index (κ2) is 4.59. The predicted octanol–water partition coefficient (Wildman–Crippen LogP) is 3.36. The molecule has 0 bridgehead atoms. The predicted molar refractivity (Wildman–Crippen MR) is 75.1 cm³/mol. The summed E-state index contributed by atoms with van der Waals surface area (Å²) < 4.78 is 0. The first-order chi connectivity index (χ1) is 8.90. The third-order valence-corrected chi connectivity index (χ3v) is 3.16. The first-order valence-corrected chi connectivity index (χ1v) is 6.02. The minimum absolute atomic E-state index is 0.541. The van der Waals surface area contributed by atoms with Gasteiger partial charge < -0.3 is 5.73 Å². The van der Waals surface area contributed by atoms with Gasteiger partial charge in [-0.2, -0.15) is 0 Å². The van der Waals surface area contributed by atoms with E-state index in [1.54, 1.807) is 0 Å². The third kappa shape index (κ3) is 1.77. The normalized spacial score (nSPS) is 10.7. The number of rotatable bonds is 2. The number of pyridine rings is 1. The van der Waals surface area contributed by atoms with Crippen molar-refractivity contribution >= 4 is 10.9 Å². The van der Waals surface area contributed by atoms with E-state index in [-0.39, 0.29) is 0 Å². The highest BCUT2D eigenvalue weighted by molar-refractivity contribution is 5.94. The number of nitrogens with two attached hydrogens (primary N) is 1. The van der Waals surface area contributed by atoms with Crippen LogP contribution in [0, 0.1) is 0 Å². The van der Waals surface area contributed by atoms with Crippen molar-refractivity contribution < 1.29 is 0 Å². The maximum Gasteiger partial charge on any atom is 0.0780 e. The second-order valence-corrected chi connectivity index (χ2v) is 4.24. The standard InChI is InChI=1S/C16H14N2/c17-11-13-5-1-2-8-14(13)15-9-3-6-12-7-4-10-18-16(12)15/h1-10H,11,17H2. The van der Waals surface area contributed by atoms with Gasteiger partial charge >= 0.3 is 0 Å². The molecular weight excluding hydrogens is 220 g/mol. The van der Waals surface area contributed by atoms with E-state index in [2.05, 4.69) is 41.4 Å². The van der Waals surface area contributed by atoms with Crippen LogP contribution in [0.5, 0.6) is 0 Å². The Kier molecular flexibility index (Phi) is 2.79. The second-order valence-electron chi connectivity index (χ2n) is 4.24. The molecule has 0 aliphatic rings. The third-order valence-electron chi connectivity index (χ3n) is 3.16. The molecule has 3 aromatic rings. The molecule has 0 aliphatic heterocycles. The molecule has 18 heavy (non-hydrogen) atoms. The van der Waals surface area contributed by atoms with Gasteiger partial charge in [0.25, 0.3) is 0 Å². The van der Waals surface area contributed by atoms with Crippen molar-refractivity contribution in [3.8, 4) is 11.1 Å². The molecule has 3 rings (SSSR count). The summed E-state index contributed by atoms with van der Waals surface area (Å²) in [4.78, 5) is 4.49. The summed E-state index contributed by atoms with van der Waals surface area (Å²) in [6.45, 7) is 0.541. The van der Waals surface area contributed by atoms with Crippen molar-refractivity contribution in [2.45, 2.75) is 6.54 Å². The summed E-state index contributed by atoms with van der Waals surface area (Å²) in [6, 6.07) is 18.5. The monoisotopic (exact) mass is 234 g/mol. The molecule has 1 aromatic heterocycles. The Morgan fingerprint density at radius 2 is 1.61 bits per heavy atom. The number of hydrogen-bond donors (Lipinski definition) is 1. The van der Waals surface area contributed by atoms with Crippen LogP contribution in [-0.4, -0.2) is 4.98 Å². The maximum atomic E-state index is 5.81. The van der Waals surface area contributed by atoms with E-state index < -0.39 is 0 Å². The Morgan fingerprint density at radius 3 is 2.50 bits per heavy atom. The van der Waals surface area contributed by atoms with Crippen molar-refractivity contribution in [3.63, 3.8) is 0 Å². The molecule has 2 heteroatoms. The van der Waals surface area contributed by atoms with Gasteiger partial charge in [0.15, 0.2) is 0 Å². The molecular formula is C16H14N2. The Bertz CT molecular complexity index is 684. The van der Waals surface area contributed by atoms with Gasteiger partial charge in [-0.15, -0.1) is 0 Å². The van der Waals surface area contributed by atoms with Gasteiger partial charge in [-0.3, -0.25) is 4.98 Å². The SMILES string of the molecule is NCc1ccccc1-c1cccc2cccnc12. The van der Waals surface area contributed by atoms with Crippen LogP contribution in [0.4, 0.5) is 0 Å². The fraction of sp³-hybridized carbons (Fsp3) is 0.0625. The molecule has 0 radical (unpaired) electrons. The first kappa shape index (κ1) is 10.9. The Hall–Kier alpha value is -2.19. The van der Waals surface area contributed by atoms with Crippen LogP contribution in [0.15, 0.2) is 60.8 Å². The molecule has 2 aromatic carbocycles. The molecule has 0 aliphatic carbocycles. The van der Waals surface area contributed by atoms with Gasteiger partial charge in [-0.25, -0.2) is 0 Å². The number of nitrogens with zero attached hydrogens (tertiary/aromatic N) is 1. The molecule has 0 spiro atoms. The molecule has 0 atom stereocenters. The lowest BCUT2D eigenvalue weighted by Gasteiger charge is -2.10. The zero-order chi connectivity index (χ0) is 12.4. The number of benzene rings is 2. The topological polar surface area (TPSA) is 38.9 Å². The van der Waals surface area contributed by atoms with Crippen LogP contribution in [0.1, 0.15) is 5.56 Å². The largest absolute Gasteiger partial charge is 0.326 e. The van der Waals surface area contributed by atoms with E-state index in [0.717, 1.165) is 22.0 Å². The molecule has 0 saturated heterocycles. The van der Waals surface area contributed by atoms with Crippen LogP contribution in [0.3, 0.4) is 0 Å². The lowest BCUT2D eigenvalue weighted by Crippen LogP contribution is -1.99. The van der Waals surface area contributed by atoms with E-state index >= 15 is 0 Å². The van der Waals surface area contributed by atoms with Gasteiger partial charge in [0.1, 0.15) is 0 Å². The first-order valence-electron chi connectivity index (χ1n) is 6.02. The average molecular weight is 234 g/mol. The number of aromatic nitrogens is 1. The molecule has 0 amide bonds. The zero-order valence-corrected chi connectivity index (χ0v) is 10.0. The summed E-state index contributed by atoms with van der Waals surface area (Å²) in [5.41, 5.74) is 10.3. The number of hydrogen-bond acceptors (Lipinski definition) is 2. The van der Waals surface area contributed by atoms with E-state index in [9.17, 15) is 0 Å². The maximum absolute atomic E-state index is 5.81. The van der Waals surface area contributed by atoms with Gasteiger partial charge in [0.05, 0.1) is 5.52 Å². The van der Waals surface area contributed by atoms with Crippen LogP contribution >= 0.6 is 0 Å². The number of para-hydroxylation sites is 1. The quantitative estimate of drug-likeness (QED) is 0.738. The van der Waals surface area contributed by atoms with Gasteiger partial charge in [-0.05, 0) is 17.2 Å². The summed E-state index contributed by atoms with van der Waals surface area (Å²) in [6.07, 6.45) is 1.83. The molecule has 0 unspecified atom stereocenters. The number of fused-ring (bicyclic) bond motifs is 1. The minimum atomic E-state index is 0.541. The average Bonchev–Trinajstić information content (AvgIpc) is 2.46. The summed E-state index contributed by atoms with van der Waals surface area (Å²) in [5.74, 6) is 0. The lowest BCUT2D eigenvalue weighted by atomic mass is 9.97. The van der Waals surface area contributed by atoms with Gasteiger partial charge in [0.2, 0.25) is 0 Å². The van der Waals surface area contributed by atoms with Crippen molar-refractivity contribution in [2.75, 3.05) is 0 Å². The summed E-state index contributed by atoms with van der Waals surface area (Å²) in [5, 5.41) is 1.15. The van der Waals surface area contributed by atoms with Crippen molar-refractivity contribution in [3.05, 3.63) is 66.4 Å². The highest BCUT2D eigenvalue weighted by Crippen LogP contribution is 2.29. The van der Waals surface area contributed by atoms with E-state index in [1.165, 1.54) is 5.56 Å². The van der Waals surface area contributed by atoms with E-state index in [4.69, 9.17) is 5.73 Å². The van der Waals surface area contributed by atoms with Gasteiger partial charge in [-0.1, -0.05) is 48.5 Å². The Morgan fingerprint density at radius 1 is 0.833 bits per heavy atom. The van der Waals surface area contributed by atoms with Crippen LogP contribution < -0.4 is 5.73 Å². The molecule has 88 valence electrons. The van der Waals surface area contributed by atoms with Crippen molar-refractivity contribution in [1.29, 1.82) is 0 Å². The minimum Gasteiger partial charge on any atom is -0.326 e. The van der Waals surface area contributed by atoms with E-state index in [1.807, 2.05) is 24.4 Å². The fourth-order valence-corrected chi connectivity index (χ4v) is 2.28. The molecule has 0 fully saturated rings. The van der Waals surface area contributed by atoms with Crippen molar-refractivity contribution in [1.82, 2.24) is 4.98 Å². The van der Waals surface area contributed by atoms with Gasteiger partial charge in [0, 0.05) is 23.7 Å². The van der Waals surface area contributed by atoms with Crippen molar-refractivity contribution in [2.24, 2.45) is 5.73 Å². The molecule has 0 saturated carbocycles. The highest BCUT2D eigenvalue weighted by Gasteiger charge is 2.07. The Balaban J connectivity index is 2.32. The van der Waals surface area contributed by atoms with Crippen LogP contribution in [0.2, 0.25) is 0 Å². The smallest absolute Gasteiger partial charge is 0.0780 e. The summed E-state index contributed by atoms with van der Waals surface area (Å²) >= 11 is 0. The van der Waals surface area contributed by atoms with Crippen LogP contribution in [0.25, 0.3) is 22.0 Å². The molecule has 2 nitrogen and oxygen atoms in total.